The van der Waals surface area contributed by atoms with Crippen molar-refractivity contribution in [1.29, 1.82) is 0 Å². The van der Waals surface area contributed by atoms with E-state index >= 15 is 0 Å². The monoisotopic (exact) mass is 327 g/mol. The number of aromatic nitrogens is 1. The minimum absolute atomic E-state index is 0.383. The molecule has 1 N–H and O–H groups in total. The van der Waals surface area contributed by atoms with Gasteiger partial charge in [-0.1, -0.05) is 43.2 Å². The van der Waals surface area contributed by atoms with Crippen molar-refractivity contribution in [1.82, 2.24) is 14.8 Å². The number of likely N-dealkylation sites (tertiary alicyclic amines) is 1. The summed E-state index contributed by atoms with van der Waals surface area (Å²) < 4.78 is 2.22. The third-order valence-corrected chi connectivity index (χ3v) is 5.00. The topological polar surface area (TPSA) is 20.2 Å². The summed E-state index contributed by atoms with van der Waals surface area (Å²) in [5.41, 5.74) is 2.62. The van der Waals surface area contributed by atoms with Gasteiger partial charge in [0, 0.05) is 32.0 Å². The second-order valence-corrected chi connectivity index (χ2v) is 6.63. The third-order valence-electron chi connectivity index (χ3n) is 4.63. The lowest BCUT2D eigenvalue weighted by Gasteiger charge is -2.33. The predicted molar refractivity (Wildman–Crippen MR) is 99.2 cm³/mol. The van der Waals surface area contributed by atoms with Crippen LogP contribution in [0.2, 0.25) is 0 Å². The van der Waals surface area contributed by atoms with Gasteiger partial charge in [-0.05, 0) is 42.8 Å². The van der Waals surface area contributed by atoms with Crippen molar-refractivity contribution < 1.29 is 0 Å². The molecule has 1 atom stereocenters. The number of hydrogen-bond acceptors (Lipinski definition) is 1. The van der Waals surface area contributed by atoms with Gasteiger partial charge in [-0.25, -0.2) is 0 Å². The summed E-state index contributed by atoms with van der Waals surface area (Å²) in [5.74, 6) is 0. The number of nitrogens with one attached hydrogen (secondary N) is 1. The molecule has 0 aliphatic carbocycles. The average molecular weight is 327 g/mol. The van der Waals surface area contributed by atoms with Gasteiger partial charge in [0.15, 0.2) is 5.11 Å². The average Bonchev–Trinajstić information content (AvgIpc) is 2.85. The van der Waals surface area contributed by atoms with Crippen molar-refractivity contribution in [2.24, 2.45) is 7.05 Å². The number of thiocarbonyl (C=S) groups is 1. The molecule has 0 bridgehead atoms. The fourth-order valence-electron chi connectivity index (χ4n) is 3.35. The molecule has 0 amide bonds. The van der Waals surface area contributed by atoms with E-state index in [4.69, 9.17) is 12.2 Å². The predicted octanol–water partition coefficient (Wildman–Crippen LogP) is 4.02. The number of rotatable bonds is 3. The van der Waals surface area contributed by atoms with Gasteiger partial charge in [0.25, 0.3) is 0 Å². The highest BCUT2D eigenvalue weighted by Crippen LogP contribution is 2.30. The fourth-order valence-corrected chi connectivity index (χ4v) is 3.65. The van der Waals surface area contributed by atoms with Crippen molar-refractivity contribution in [3.05, 3.63) is 59.9 Å². The summed E-state index contributed by atoms with van der Waals surface area (Å²) in [6.07, 6.45) is 7.07. The summed E-state index contributed by atoms with van der Waals surface area (Å²) in [5, 5.41) is 4.33. The Balaban J connectivity index is 1.71. The molecular formula is C19H25N3S. The lowest BCUT2D eigenvalue weighted by atomic mass is 10.1. The Kier molecular flexibility index (Phi) is 5.34. The van der Waals surface area contributed by atoms with Crippen LogP contribution >= 0.6 is 12.2 Å². The fraction of sp³-hybridized carbons (Fsp3) is 0.421. The van der Waals surface area contributed by atoms with Crippen molar-refractivity contribution >= 4 is 17.3 Å². The molecule has 4 heteroatoms. The SMILES string of the molecule is Cn1cccc1[C@H]1CCCCCN1C(=S)NCc1ccccc1. The van der Waals surface area contributed by atoms with Gasteiger partial charge in [-0.3, -0.25) is 0 Å². The van der Waals surface area contributed by atoms with E-state index in [1.54, 1.807) is 0 Å². The highest BCUT2D eigenvalue weighted by molar-refractivity contribution is 7.80. The number of aryl methyl sites for hydroxylation is 1. The molecule has 23 heavy (non-hydrogen) atoms. The molecule has 0 unspecified atom stereocenters. The van der Waals surface area contributed by atoms with Crippen LogP contribution in [0, 0.1) is 0 Å². The molecule has 0 spiro atoms. The number of benzene rings is 1. The molecule has 1 aliphatic heterocycles. The van der Waals surface area contributed by atoms with E-state index in [2.05, 4.69) is 64.4 Å². The van der Waals surface area contributed by atoms with Crippen LogP contribution in [0.25, 0.3) is 0 Å². The maximum Gasteiger partial charge on any atom is 0.169 e. The van der Waals surface area contributed by atoms with Crippen LogP contribution in [0.4, 0.5) is 0 Å². The molecular weight excluding hydrogens is 302 g/mol. The molecule has 3 rings (SSSR count). The van der Waals surface area contributed by atoms with E-state index < -0.39 is 0 Å². The Morgan fingerprint density at radius 1 is 1.13 bits per heavy atom. The van der Waals surface area contributed by atoms with Crippen LogP contribution in [0.1, 0.15) is 43.0 Å². The summed E-state index contributed by atoms with van der Waals surface area (Å²) in [6, 6.07) is 15.2. The van der Waals surface area contributed by atoms with Crippen molar-refractivity contribution in [3.63, 3.8) is 0 Å². The summed E-state index contributed by atoms with van der Waals surface area (Å²) in [4.78, 5) is 2.39. The van der Waals surface area contributed by atoms with Crippen LogP contribution in [0.3, 0.4) is 0 Å². The van der Waals surface area contributed by atoms with Crippen LogP contribution in [0.5, 0.6) is 0 Å². The van der Waals surface area contributed by atoms with E-state index in [1.807, 2.05) is 6.07 Å². The van der Waals surface area contributed by atoms with Gasteiger partial charge < -0.3 is 14.8 Å². The van der Waals surface area contributed by atoms with Crippen LogP contribution < -0.4 is 5.32 Å². The quantitative estimate of drug-likeness (QED) is 0.860. The lowest BCUT2D eigenvalue weighted by Crippen LogP contribution is -2.42. The molecule has 3 nitrogen and oxygen atoms in total. The minimum Gasteiger partial charge on any atom is -0.358 e. The van der Waals surface area contributed by atoms with Crippen molar-refractivity contribution in [3.8, 4) is 0 Å². The molecule has 0 radical (unpaired) electrons. The molecule has 1 saturated heterocycles. The normalized spacial score (nSPS) is 18.5. The van der Waals surface area contributed by atoms with E-state index in [0.717, 1.165) is 18.2 Å². The van der Waals surface area contributed by atoms with Crippen molar-refractivity contribution in [2.75, 3.05) is 6.54 Å². The number of nitrogens with zero attached hydrogens (tertiary/aromatic N) is 2. The standard InChI is InChI=1S/C19H25N3S/c1-21-13-8-12-17(21)18-11-6-3-7-14-22(18)19(23)20-15-16-9-4-2-5-10-16/h2,4-5,8-10,12-13,18H,3,6-7,11,14-15H2,1H3,(H,20,23)/t18-/m1/s1. The smallest absolute Gasteiger partial charge is 0.169 e. The first-order valence-electron chi connectivity index (χ1n) is 8.45. The Hall–Kier alpha value is -1.81. The minimum atomic E-state index is 0.383. The summed E-state index contributed by atoms with van der Waals surface area (Å²) in [6.45, 7) is 1.83. The first kappa shape index (κ1) is 16.1. The molecule has 1 aliphatic rings. The Bertz CT molecular complexity index is 635. The van der Waals surface area contributed by atoms with Gasteiger partial charge in [0.2, 0.25) is 0 Å². The van der Waals surface area contributed by atoms with Crippen LogP contribution in [0.15, 0.2) is 48.7 Å². The van der Waals surface area contributed by atoms with E-state index in [0.29, 0.717) is 6.04 Å². The second kappa shape index (κ2) is 7.64. The Labute approximate surface area is 144 Å². The zero-order chi connectivity index (χ0) is 16.1. The van der Waals surface area contributed by atoms with Crippen LogP contribution in [-0.2, 0) is 13.6 Å². The lowest BCUT2D eigenvalue weighted by molar-refractivity contribution is 0.306. The second-order valence-electron chi connectivity index (χ2n) is 6.25. The van der Waals surface area contributed by atoms with E-state index in [1.165, 1.54) is 36.9 Å². The van der Waals surface area contributed by atoms with E-state index in [9.17, 15) is 0 Å². The molecule has 2 heterocycles. The van der Waals surface area contributed by atoms with E-state index in [-0.39, 0.29) is 0 Å². The maximum absolute atomic E-state index is 5.73. The highest BCUT2D eigenvalue weighted by atomic mass is 32.1. The third kappa shape index (κ3) is 3.94. The van der Waals surface area contributed by atoms with Gasteiger partial charge >= 0.3 is 0 Å². The van der Waals surface area contributed by atoms with Crippen LogP contribution in [-0.4, -0.2) is 21.1 Å². The summed E-state index contributed by atoms with van der Waals surface area (Å²) >= 11 is 5.73. The molecule has 1 fully saturated rings. The van der Waals surface area contributed by atoms with Gasteiger partial charge in [0.05, 0.1) is 6.04 Å². The summed E-state index contributed by atoms with van der Waals surface area (Å²) in [7, 11) is 2.12. The number of hydrogen-bond donors (Lipinski definition) is 1. The van der Waals surface area contributed by atoms with Gasteiger partial charge in [0.1, 0.15) is 0 Å². The first-order chi connectivity index (χ1) is 11.3. The first-order valence-corrected chi connectivity index (χ1v) is 8.86. The molecule has 2 aromatic rings. The highest BCUT2D eigenvalue weighted by Gasteiger charge is 2.26. The molecule has 0 saturated carbocycles. The molecule has 122 valence electrons. The molecule has 1 aromatic heterocycles. The van der Waals surface area contributed by atoms with Crippen molar-refractivity contribution in [2.45, 2.75) is 38.3 Å². The zero-order valence-corrected chi connectivity index (χ0v) is 14.6. The largest absolute Gasteiger partial charge is 0.358 e. The van der Waals surface area contributed by atoms with Gasteiger partial charge in [-0.15, -0.1) is 0 Å². The maximum atomic E-state index is 5.73. The Morgan fingerprint density at radius 2 is 1.96 bits per heavy atom. The molecule has 1 aromatic carbocycles. The Morgan fingerprint density at radius 3 is 2.70 bits per heavy atom. The zero-order valence-electron chi connectivity index (χ0n) is 13.7. The van der Waals surface area contributed by atoms with Gasteiger partial charge in [-0.2, -0.15) is 0 Å².